The van der Waals surface area contributed by atoms with E-state index in [1.807, 2.05) is 12.2 Å². The summed E-state index contributed by atoms with van der Waals surface area (Å²) in [5.41, 5.74) is 4.32. The highest BCUT2D eigenvalue weighted by molar-refractivity contribution is 6.03. The summed E-state index contributed by atoms with van der Waals surface area (Å²) in [5, 5.41) is 12.2. The van der Waals surface area contributed by atoms with Crippen LogP contribution in [0.25, 0.3) is 0 Å². The predicted molar refractivity (Wildman–Crippen MR) is 74.2 cm³/mol. The van der Waals surface area contributed by atoms with Gasteiger partial charge >= 0.3 is 0 Å². The van der Waals surface area contributed by atoms with E-state index in [1.54, 1.807) is 6.20 Å². The normalized spacial score (nSPS) is 30.0. The first-order valence-corrected chi connectivity index (χ1v) is 6.41. The predicted octanol–water partition coefficient (Wildman–Crippen LogP) is 3.63. The molecule has 1 heterocycles. The highest BCUT2D eigenvalue weighted by atomic mass is 16.5. The second-order valence-corrected chi connectivity index (χ2v) is 5.24. The van der Waals surface area contributed by atoms with Gasteiger partial charge in [0.1, 0.15) is 0 Å². The molecule has 1 aliphatic heterocycles. The number of hydrogen-bond acceptors (Lipinski definition) is 1. The van der Waals surface area contributed by atoms with Crippen LogP contribution in [0.5, 0.6) is 0 Å². The maximum atomic E-state index is 12.2. The fourth-order valence-corrected chi connectivity index (χ4v) is 3.02. The highest BCUT2D eigenvalue weighted by Crippen LogP contribution is 2.45. The van der Waals surface area contributed by atoms with Gasteiger partial charge in [-0.15, -0.1) is 0 Å². The van der Waals surface area contributed by atoms with Crippen LogP contribution in [0.15, 0.2) is 59.4 Å². The molecule has 0 saturated heterocycles. The second-order valence-electron chi connectivity index (χ2n) is 5.24. The van der Waals surface area contributed by atoms with Gasteiger partial charge in [0.05, 0.1) is 5.41 Å². The van der Waals surface area contributed by atoms with Crippen LogP contribution < -0.4 is 0 Å². The lowest BCUT2D eigenvalue weighted by molar-refractivity contribution is -0.381. The third-order valence-electron chi connectivity index (χ3n) is 4.15. The largest absolute Gasteiger partial charge is 0.618 e. The Morgan fingerprint density at radius 1 is 1.28 bits per heavy atom. The van der Waals surface area contributed by atoms with Gasteiger partial charge < -0.3 is 5.21 Å². The van der Waals surface area contributed by atoms with Crippen molar-refractivity contribution < 1.29 is 4.74 Å². The molecule has 3 aliphatic rings. The van der Waals surface area contributed by atoms with Crippen molar-refractivity contribution >= 4 is 5.71 Å². The van der Waals surface area contributed by atoms with Crippen LogP contribution in [0.1, 0.15) is 26.7 Å². The Balaban J connectivity index is 2.30. The maximum Gasteiger partial charge on any atom is 0.207 e. The summed E-state index contributed by atoms with van der Waals surface area (Å²) in [7, 11) is 0. The molecule has 0 aromatic rings. The third-order valence-corrected chi connectivity index (χ3v) is 4.15. The molecular weight excluding hydrogens is 222 g/mol. The smallest absolute Gasteiger partial charge is 0.207 e. The Hall–Kier alpha value is -1.83. The second kappa shape index (κ2) is 3.84. The molecule has 0 N–H and O–H groups in total. The minimum Gasteiger partial charge on any atom is -0.618 e. The van der Waals surface area contributed by atoms with E-state index in [0.29, 0.717) is 0 Å². The molecule has 2 nitrogen and oxygen atoms in total. The average molecular weight is 239 g/mol. The Bertz CT molecular complexity index is 584. The number of rotatable bonds is 0. The average Bonchev–Trinajstić information content (AvgIpc) is 2.48. The third kappa shape index (κ3) is 1.45. The molecule has 0 radical (unpaired) electrons. The van der Waals surface area contributed by atoms with Crippen molar-refractivity contribution in [3.63, 3.8) is 0 Å². The summed E-state index contributed by atoms with van der Waals surface area (Å²) < 4.78 is 1.02. The van der Waals surface area contributed by atoms with Gasteiger partial charge in [-0.1, -0.05) is 29.9 Å². The number of hydroxylamine groups is 1. The van der Waals surface area contributed by atoms with Crippen molar-refractivity contribution in [2.75, 3.05) is 0 Å². The van der Waals surface area contributed by atoms with Gasteiger partial charge in [0, 0.05) is 12.2 Å². The summed E-state index contributed by atoms with van der Waals surface area (Å²) in [5.74, 6) is 0. The van der Waals surface area contributed by atoms with E-state index < -0.39 is 0 Å². The Morgan fingerprint density at radius 3 is 2.94 bits per heavy atom. The van der Waals surface area contributed by atoms with Crippen molar-refractivity contribution in [1.29, 1.82) is 0 Å². The van der Waals surface area contributed by atoms with Gasteiger partial charge in [-0.05, 0) is 37.8 Å². The first kappa shape index (κ1) is 11.3. The van der Waals surface area contributed by atoms with Gasteiger partial charge in [-0.3, -0.25) is 0 Å². The summed E-state index contributed by atoms with van der Waals surface area (Å²) in [6.07, 6.45) is 16.2. The van der Waals surface area contributed by atoms with Crippen molar-refractivity contribution in [2.45, 2.75) is 26.7 Å². The monoisotopic (exact) mass is 239 g/mol. The highest BCUT2D eigenvalue weighted by Gasteiger charge is 2.44. The molecular formula is C16H17NO. The van der Waals surface area contributed by atoms with Gasteiger partial charge in [-0.25, -0.2) is 0 Å². The minimum atomic E-state index is -0.219. The lowest BCUT2D eigenvalue weighted by Crippen LogP contribution is -2.37. The number of nitrogens with zero attached hydrogens (tertiary/aromatic N) is 1. The zero-order valence-corrected chi connectivity index (χ0v) is 10.8. The van der Waals surface area contributed by atoms with Crippen LogP contribution in [0.2, 0.25) is 0 Å². The molecule has 0 aromatic heterocycles. The molecule has 2 heteroatoms. The van der Waals surface area contributed by atoms with E-state index in [9.17, 15) is 5.21 Å². The molecule has 1 atom stereocenters. The fraction of sp³-hybridized carbons (Fsp3) is 0.312. The number of hydrogen-bond donors (Lipinski definition) is 0. The summed E-state index contributed by atoms with van der Waals surface area (Å²) in [4.78, 5) is 0. The van der Waals surface area contributed by atoms with Crippen LogP contribution in [0, 0.1) is 10.6 Å². The van der Waals surface area contributed by atoms with Gasteiger partial charge in [-0.2, -0.15) is 4.74 Å². The zero-order chi connectivity index (χ0) is 12.8. The lowest BCUT2D eigenvalue weighted by Gasteiger charge is -2.35. The van der Waals surface area contributed by atoms with Crippen molar-refractivity contribution in [3.05, 3.63) is 64.6 Å². The molecule has 0 fully saturated rings. The van der Waals surface area contributed by atoms with Crippen LogP contribution in [-0.2, 0) is 0 Å². The van der Waals surface area contributed by atoms with E-state index in [0.717, 1.165) is 23.3 Å². The van der Waals surface area contributed by atoms with Crippen molar-refractivity contribution in [1.82, 2.24) is 0 Å². The molecule has 1 spiro atoms. The van der Waals surface area contributed by atoms with Crippen LogP contribution in [-0.4, -0.2) is 10.5 Å². The van der Waals surface area contributed by atoms with E-state index in [-0.39, 0.29) is 5.41 Å². The molecule has 0 saturated carbocycles. The molecule has 0 amide bonds. The van der Waals surface area contributed by atoms with Gasteiger partial charge in [0.2, 0.25) is 5.71 Å². The van der Waals surface area contributed by atoms with E-state index in [2.05, 4.69) is 38.2 Å². The maximum absolute atomic E-state index is 12.2. The molecule has 1 unspecified atom stereocenters. The molecule has 92 valence electrons. The molecule has 3 rings (SSSR count). The van der Waals surface area contributed by atoms with Crippen LogP contribution >= 0.6 is 0 Å². The van der Waals surface area contributed by atoms with Gasteiger partial charge in [0.25, 0.3) is 0 Å². The Kier molecular flexibility index (Phi) is 2.40. The first-order valence-electron chi connectivity index (χ1n) is 6.41. The lowest BCUT2D eigenvalue weighted by atomic mass is 9.66. The van der Waals surface area contributed by atoms with Crippen LogP contribution in [0.3, 0.4) is 0 Å². The van der Waals surface area contributed by atoms with E-state index in [4.69, 9.17) is 0 Å². The van der Waals surface area contributed by atoms with E-state index >= 15 is 0 Å². The topological polar surface area (TPSA) is 26.1 Å². The quantitative estimate of drug-likeness (QED) is 0.468. The minimum absolute atomic E-state index is 0.219. The van der Waals surface area contributed by atoms with E-state index in [1.165, 1.54) is 16.7 Å². The summed E-state index contributed by atoms with van der Waals surface area (Å²) in [6.45, 7) is 4.19. The molecule has 18 heavy (non-hydrogen) atoms. The molecule has 0 aromatic carbocycles. The first-order chi connectivity index (χ1) is 8.63. The fourth-order valence-electron chi connectivity index (χ4n) is 3.02. The summed E-state index contributed by atoms with van der Waals surface area (Å²) in [6, 6.07) is 0. The van der Waals surface area contributed by atoms with Crippen molar-refractivity contribution in [2.24, 2.45) is 5.41 Å². The van der Waals surface area contributed by atoms with Crippen LogP contribution in [0.4, 0.5) is 0 Å². The molecule has 0 bridgehead atoms. The standard InChI is InChI=1S/C16H17NO/c1-12-10-15-16(11-13(12)2)8-4-3-6-14(16)7-5-9-17(15)18/h3,5-7,9-11H,4,8H2,1-2H3. The Labute approximate surface area is 108 Å². The SMILES string of the molecule is CC1=CC2=[N+]([O-])C=CC=C3C=CCCC32C=C1C. The van der Waals surface area contributed by atoms with Gasteiger partial charge in [0.15, 0.2) is 6.20 Å². The zero-order valence-electron chi connectivity index (χ0n) is 10.8. The molecule has 2 aliphatic carbocycles. The Morgan fingerprint density at radius 2 is 2.11 bits per heavy atom. The van der Waals surface area contributed by atoms with Crippen molar-refractivity contribution in [3.8, 4) is 0 Å². The summed E-state index contributed by atoms with van der Waals surface area (Å²) >= 11 is 0. The number of allylic oxidation sites excluding steroid dienone is 9.